The Morgan fingerprint density at radius 1 is 1.50 bits per heavy atom. The summed E-state index contributed by atoms with van der Waals surface area (Å²) in [6, 6.07) is 0. The number of hydrogen-bond acceptors (Lipinski definition) is 4. The monoisotopic (exact) mass is 256 g/mol. The largest absolute Gasteiger partial charge is 0.316 e. The van der Waals surface area contributed by atoms with Crippen LogP contribution in [0.25, 0.3) is 0 Å². The van der Waals surface area contributed by atoms with Gasteiger partial charge in [-0.1, -0.05) is 20.8 Å². The first-order valence-corrected chi connectivity index (χ1v) is 7.82. The first-order chi connectivity index (χ1) is 7.55. The highest BCUT2D eigenvalue weighted by Gasteiger charge is 2.18. The standard InChI is InChI=1S/C12H20N2S2/c1-12(2,3)10-7-16-11(14-10)8-15-6-9-4-13-5-9/h7,9,13H,4-6,8H2,1-3H3. The molecule has 0 radical (unpaired) electrons. The molecule has 0 aliphatic carbocycles. The van der Waals surface area contributed by atoms with Gasteiger partial charge in [-0.05, 0) is 24.8 Å². The van der Waals surface area contributed by atoms with E-state index in [9.17, 15) is 0 Å². The Morgan fingerprint density at radius 2 is 2.25 bits per heavy atom. The van der Waals surface area contributed by atoms with Crippen molar-refractivity contribution >= 4 is 23.1 Å². The summed E-state index contributed by atoms with van der Waals surface area (Å²) in [4.78, 5) is 4.70. The molecule has 1 saturated heterocycles. The fourth-order valence-electron chi connectivity index (χ4n) is 1.50. The summed E-state index contributed by atoms with van der Waals surface area (Å²) in [6.45, 7) is 9.08. The molecule has 0 aromatic carbocycles. The van der Waals surface area contributed by atoms with E-state index in [0.717, 1.165) is 11.7 Å². The molecule has 0 unspecified atom stereocenters. The van der Waals surface area contributed by atoms with Crippen LogP contribution >= 0.6 is 23.1 Å². The van der Waals surface area contributed by atoms with E-state index in [1.165, 1.54) is 29.5 Å². The first kappa shape index (κ1) is 12.4. The van der Waals surface area contributed by atoms with Crippen molar-refractivity contribution in [2.75, 3.05) is 18.8 Å². The number of nitrogens with zero attached hydrogens (tertiary/aromatic N) is 1. The second-order valence-corrected chi connectivity index (χ2v) is 7.39. The summed E-state index contributed by atoms with van der Waals surface area (Å²) in [7, 11) is 0. The van der Waals surface area contributed by atoms with Crippen LogP contribution in [0.1, 0.15) is 31.5 Å². The van der Waals surface area contributed by atoms with Crippen molar-refractivity contribution in [2.24, 2.45) is 5.92 Å². The quantitative estimate of drug-likeness (QED) is 0.896. The Kier molecular flexibility index (Phi) is 3.93. The molecule has 0 saturated carbocycles. The van der Waals surface area contributed by atoms with Gasteiger partial charge in [0, 0.05) is 16.5 Å². The van der Waals surface area contributed by atoms with Crippen LogP contribution in [0.2, 0.25) is 0 Å². The minimum absolute atomic E-state index is 0.192. The number of rotatable bonds is 4. The zero-order valence-corrected chi connectivity index (χ0v) is 11.9. The van der Waals surface area contributed by atoms with Crippen LogP contribution in [0, 0.1) is 5.92 Å². The van der Waals surface area contributed by atoms with E-state index in [0.29, 0.717) is 0 Å². The molecule has 0 atom stereocenters. The Labute approximate surface area is 106 Å². The summed E-state index contributed by atoms with van der Waals surface area (Å²) in [6.07, 6.45) is 0. The van der Waals surface area contributed by atoms with E-state index in [2.05, 4.69) is 31.5 Å². The highest BCUT2D eigenvalue weighted by Crippen LogP contribution is 2.26. The SMILES string of the molecule is CC(C)(C)c1csc(CSCC2CNC2)n1. The van der Waals surface area contributed by atoms with Crippen molar-refractivity contribution in [3.05, 3.63) is 16.1 Å². The predicted octanol–water partition coefficient (Wildman–Crippen LogP) is 2.89. The third-order valence-electron chi connectivity index (χ3n) is 2.77. The summed E-state index contributed by atoms with van der Waals surface area (Å²) >= 11 is 3.83. The van der Waals surface area contributed by atoms with Gasteiger partial charge in [0.05, 0.1) is 5.69 Å². The summed E-state index contributed by atoms with van der Waals surface area (Å²) in [5, 5.41) is 6.80. The molecule has 0 amide bonds. The van der Waals surface area contributed by atoms with Crippen molar-refractivity contribution < 1.29 is 0 Å². The molecular weight excluding hydrogens is 236 g/mol. The van der Waals surface area contributed by atoms with E-state index >= 15 is 0 Å². The van der Waals surface area contributed by atoms with Gasteiger partial charge in [0.15, 0.2) is 0 Å². The zero-order chi connectivity index (χ0) is 11.6. The van der Waals surface area contributed by atoms with E-state index < -0.39 is 0 Å². The molecule has 1 aliphatic heterocycles. The average molecular weight is 256 g/mol. The lowest BCUT2D eigenvalue weighted by Gasteiger charge is -2.26. The number of nitrogens with one attached hydrogen (secondary N) is 1. The van der Waals surface area contributed by atoms with Crippen LogP contribution < -0.4 is 5.32 Å². The highest BCUT2D eigenvalue weighted by molar-refractivity contribution is 7.98. The lowest BCUT2D eigenvalue weighted by Crippen LogP contribution is -2.43. The third kappa shape index (κ3) is 3.22. The van der Waals surface area contributed by atoms with Gasteiger partial charge in [0.25, 0.3) is 0 Å². The van der Waals surface area contributed by atoms with Gasteiger partial charge in [-0.3, -0.25) is 0 Å². The normalized spacial score (nSPS) is 17.4. The summed E-state index contributed by atoms with van der Waals surface area (Å²) in [5.41, 5.74) is 1.43. The topological polar surface area (TPSA) is 24.9 Å². The predicted molar refractivity (Wildman–Crippen MR) is 73.3 cm³/mol. The second kappa shape index (κ2) is 5.07. The highest BCUT2D eigenvalue weighted by atomic mass is 32.2. The molecule has 90 valence electrons. The maximum absolute atomic E-state index is 4.70. The smallest absolute Gasteiger partial charge is 0.103 e. The van der Waals surface area contributed by atoms with Gasteiger partial charge in [0.2, 0.25) is 0 Å². The van der Waals surface area contributed by atoms with E-state index in [-0.39, 0.29) is 5.41 Å². The molecule has 2 rings (SSSR count). The Hall–Kier alpha value is -0.0600. The summed E-state index contributed by atoms with van der Waals surface area (Å²) < 4.78 is 0. The summed E-state index contributed by atoms with van der Waals surface area (Å²) in [5.74, 6) is 3.25. The van der Waals surface area contributed by atoms with Crippen LogP contribution in [0.15, 0.2) is 5.38 Å². The molecule has 2 heterocycles. The fraction of sp³-hybridized carbons (Fsp3) is 0.750. The Bertz CT molecular complexity index is 337. The fourth-order valence-corrected chi connectivity index (χ4v) is 3.75. The minimum Gasteiger partial charge on any atom is -0.316 e. The number of thioether (sulfide) groups is 1. The molecular formula is C12H20N2S2. The molecule has 1 N–H and O–H groups in total. The second-order valence-electron chi connectivity index (χ2n) is 5.42. The van der Waals surface area contributed by atoms with Gasteiger partial charge in [-0.15, -0.1) is 11.3 Å². The third-order valence-corrected chi connectivity index (χ3v) is 4.98. The van der Waals surface area contributed by atoms with E-state index in [1.807, 2.05) is 11.8 Å². The zero-order valence-electron chi connectivity index (χ0n) is 10.2. The molecule has 0 bridgehead atoms. The lowest BCUT2D eigenvalue weighted by atomic mass is 9.93. The Morgan fingerprint density at radius 3 is 2.75 bits per heavy atom. The molecule has 1 fully saturated rings. The van der Waals surface area contributed by atoms with E-state index in [4.69, 9.17) is 4.98 Å². The number of aromatic nitrogens is 1. The van der Waals surface area contributed by atoms with Gasteiger partial charge in [-0.25, -0.2) is 4.98 Å². The van der Waals surface area contributed by atoms with Crippen LogP contribution in [0.5, 0.6) is 0 Å². The number of thiazole rings is 1. The van der Waals surface area contributed by atoms with Gasteiger partial charge >= 0.3 is 0 Å². The van der Waals surface area contributed by atoms with Crippen LogP contribution in [-0.4, -0.2) is 23.8 Å². The molecule has 1 aromatic rings. The van der Waals surface area contributed by atoms with Gasteiger partial charge in [-0.2, -0.15) is 11.8 Å². The van der Waals surface area contributed by atoms with Gasteiger partial charge in [0.1, 0.15) is 5.01 Å². The molecule has 1 aliphatic rings. The minimum atomic E-state index is 0.192. The van der Waals surface area contributed by atoms with Crippen molar-refractivity contribution in [1.29, 1.82) is 0 Å². The lowest BCUT2D eigenvalue weighted by molar-refractivity contribution is 0.385. The maximum Gasteiger partial charge on any atom is 0.103 e. The maximum atomic E-state index is 4.70. The molecule has 0 spiro atoms. The molecule has 2 nitrogen and oxygen atoms in total. The van der Waals surface area contributed by atoms with Crippen molar-refractivity contribution in [3.8, 4) is 0 Å². The van der Waals surface area contributed by atoms with Crippen molar-refractivity contribution in [2.45, 2.75) is 31.9 Å². The average Bonchev–Trinajstić information content (AvgIpc) is 2.56. The van der Waals surface area contributed by atoms with Crippen molar-refractivity contribution in [1.82, 2.24) is 10.3 Å². The van der Waals surface area contributed by atoms with Gasteiger partial charge < -0.3 is 5.32 Å². The first-order valence-electron chi connectivity index (χ1n) is 5.79. The number of hydrogen-bond donors (Lipinski definition) is 1. The van der Waals surface area contributed by atoms with Crippen LogP contribution in [-0.2, 0) is 11.2 Å². The molecule has 4 heteroatoms. The van der Waals surface area contributed by atoms with E-state index in [1.54, 1.807) is 11.3 Å². The van der Waals surface area contributed by atoms with Crippen LogP contribution in [0.3, 0.4) is 0 Å². The van der Waals surface area contributed by atoms with Crippen LogP contribution in [0.4, 0.5) is 0 Å². The molecule has 1 aromatic heterocycles. The Balaban J connectivity index is 1.78. The molecule has 16 heavy (non-hydrogen) atoms. The van der Waals surface area contributed by atoms with Crippen molar-refractivity contribution in [3.63, 3.8) is 0 Å².